The average molecular weight is 329 g/mol. The number of Topliss-reactive ketones (excluding diaryl/α,β-unsaturated/α-hetero) is 1. The highest BCUT2D eigenvalue weighted by atomic mass is 35.5. The average Bonchev–Trinajstić information content (AvgIpc) is 2.40. The molecule has 1 aliphatic rings. The fourth-order valence-corrected chi connectivity index (χ4v) is 3.02. The van der Waals surface area contributed by atoms with Gasteiger partial charge in [-0.15, -0.1) is 0 Å². The number of piperazine rings is 1. The number of rotatable bonds is 3. The Morgan fingerprint density at radius 1 is 1.29 bits per heavy atom. The van der Waals surface area contributed by atoms with E-state index < -0.39 is 5.54 Å². The molecule has 0 aromatic heterocycles. The minimum absolute atomic E-state index is 0.0174. The van der Waals surface area contributed by atoms with Gasteiger partial charge < -0.3 is 4.90 Å². The zero-order valence-electron chi connectivity index (χ0n) is 12.3. The van der Waals surface area contributed by atoms with E-state index in [9.17, 15) is 9.59 Å². The third-order valence-corrected chi connectivity index (χ3v) is 4.48. The molecule has 1 aliphatic heterocycles. The van der Waals surface area contributed by atoms with Gasteiger partial charge in [0.2, 0.25) is 5.91 Å². The Morgan fingerprint density at radius 2 is 1.95 bits per heavy atom. The maximum absolute atomic E-state index is 12.4. The highest BCUT2D eigenvalue weighted by Gasteiger charge is 2.41. The van der Waals surface area contributed by atoms with Crippen molar-refractivity contribution in [2.45, 2.75) is 19.4 Å². The number of likely N-dealkylation sites (N-methyl/N-ethyl adjacent to an activating group) is 1. The van der Waals surface area contributed by atoms with E-state index in [1.165, 1.54) is 0 Å². The van der Waals surface area contributed by atoms with Crippen molar-refractivity contribution in [3.63, 3.8) is 0 Å². The molecule has 1 saturated heterocycles. The Hall–Kier alpha value is -1.10. The zero-order chi connectivity index (χ0) is 15.8. The molecule has 0 radical (unpaired) electrons. The van der Waals surface area contributed by atoms with Crippen LogP contribution in [0.25, 0.3) is 0 Å². The first-order chi connectivity index (χ1) is 9.73. The highest BCUT2D eigenvalue weighted by molar-refractivity contribution is 6.36. The van der Waals surface area contributed by atoms with Crippen molar-refractivity contribution in [2.75, 3.05) is 26.7 Å². The van der Waals surface area contributed by atoms with E-state index in [-0.39, 0.29) is 18.2 Å². The molecule has 6 heteroatoms. The van der Waals surface area contributed by atoms with Crippen molar-refractivity contribution in [3.8, 4) is 0 Å². The summed E-state index contributed by atoms with van der Waals surface area (Å²) in [4.78, 5) is 28.2. The smallest absolute Gasteiger partial charge is 0.242 e. The number of benzene rings is 1. The van der Waals surface area contributed by atoms with Gasteiger partial charge in [-0.25, -0.2) is 0 Å². The summed E-state index contributed by atoms with van der Waals surface area (Å²) < 4.78 is 0. The number of ketones is 1. The van der Waals surface area contributed by atoms with Crippen LogP contribution in [0.2, 0.25) is 10.0 Å². The van der Waals surface area contributed by atoms with Crippen LogP contribution in [-0.4, -0.2) is 53.7 Å². The summed E-state index contributed by atoms with van der Waals surface area (Å²) in [5.41, 5.74) is -0.259. The molecule has 0 unspecified atom stereocenters. The number of hydrogen-bond acceptors (Lipinski definition) is 3. The topological polar surface area (TPSA) is 40.6 Å². The Kier molecular flexibility index (Phi) is 4.61. The molecule has 1 amide bonds. The van der Waals surface area contributed by atoms with Gasteiger partial charge in [-0.05, 0) is 32.0 Å². The van der Waals surface area contributed by atoms with Crippen LogP contribution < -0.4 is 0 Å². The van der Waals surface area contributed by atoms with Gasteiger partial charge >= 0.3 is 0 Å². The Balaban J connectivity index is 2.17. The van der Waals surface area contributed by atoms with Crippen molar-refractivity contribution >= 4 is 34.9 Å². The SMILES string of the molecule is CN1CCN(CC(=O)c2ccc(Cl)cc2Cl)C(C)(C)C1=O. The van der Waals surface area contributed by atoms with Crippen molar-refractivity contribution < 1.29 is 9.59 Å². The fraction of sp³-hybridized carbons (Fsp3) is 0.467. The summed E-state index contributed by atoms with van der Waals surface area (Å²) in [5, 5.41) is 0.831. The number of carbonyl (C=O) groups is 2. The Morgan fingerprint density at radius 3 is 2.57 bits per heavy atom. The molecule has 1 aromatic carbocycles. The molecule has 2 rings (SSSR count). The maximum Gasteiger partial charge on any atom is 0.242 e. The van der Waals surface area contributed by atoms with Crippen LogP contribution in [0, 0.1) is 0 Å². The van der Waals surface area contributed by atoms with Gasteiger partial charge in [0, 0.05) is 30.7 Å². The van der Waals surface area contributed by atoms with Crippen molar-refractivity contribution in [1.29, 1.82) is 0 Å². The van der Waals surface area contributed by atoms with Crippen LogP contribution in [0.4, 0.5) is 0 Å². The Bertz CT molecular complexity index is 587. The molecule has 0 spiro atoms. The van der Waals surface area contributed by atoms with Crippen LogP contribution in [-0.2, 0) is 4.79 Å². The van der Waals surface area contributed by atoms with E-state index in [1.807, 2.05) is 18.7 Å². The lowest BCUT2D eigenvalue weighted by atomic mass is 9.96. The number of carbonyl (C=O) groups excluding carboxylic acids is 2. The van der Waals surface area contributed by atoms with Gasteiger partial charge in [-0.1, -0.05) is 23.2 Å². The quantitative estimate of drug-likeness (QED) is 0.801. The van der Waals surface area contributed by atoms with Crippen molar-refractivity contribution in [2.24, 2.45) is 0 Å². The van der Waals surface area contributed by atoms with Gasteiger partial charge in [-0.3, -0.25) is 14.5 Å². The summed E-state index contributed by atoms with van der Waals surface area (Å²) in [5.74, 6) is -0.0918. The monoisotopic (exact) mass is 328 g/mol. The molecule has 0 saturated carbocycles. The summed E-state index contributed by atoms with van der Waals surface area (Å²) in [6, 6.07) is 4.81. The number of nitrogens with zero attached hydrogens (tertiary/aromatic N) is 2. The van der Waals surface area contributed by atoms with Crippen LogP contribution in [0.1, 0.15) is 24.2 Å². The second-order valence-electron chi connectivity index (χ2n) is 5.75. The third kappa shape index (κ3) is 3.23. The molecule has 21 heavy (non-hydrogen) atoms. The van der Waals surface area contributed by atoms with Crippen LogP contribution in [0.5, 0.6) is 0 Å². The van der Waals surface area contributed by atoms with Crippen LogP contribution in [0.15, 0.2) is 18.2 Å². The molecule has 1 aromatic rings. The molecule has 4 nitrogen and oxygen atoms in total. The molecule has 0 N–H and O–H groups in total. The minimum Gasteiger partial charge on any atom is -0.343 e. The van der Waals surface area contributed by atoms with Crippen LogP contribution >= 0.6 is 23.2 Å². The maximum atomic E-state index is 12.4. The molecule has 0 aliphatic carbocycles. The fourth-order valence-electron chi connectivity index (χ4n) is 2.50. The molecule has 114 valence electrons. The van der Waals surface area contributed by atoms with Crippen molar-refractivity contribution in [3.05, 3.63) is 33.8 Å². The summed E-state index contributed by atoms with van der Waals surface area (Å²) in [7, 11) is 1.78. The summed E-state index contributed by atoms with van der Waals surface area (Å²) in [6.07, 6.45) is 0. The molecule has 0 atom stereocenters. The predicted molar refractivity (Wildman–Crippen MR) is 84.1 cm³/mol. The first kappa shape index (κ1) is 16.3. The van der Waals surface area contributed by atoms with Crippen LogP contribution in [0.3, 0.4) is 0 Å². The van der Waals surface area contributed by atoms with Gasteiger partial charge in [0.25, 0.3) is 0 Å². The largest absolute Gasteiger partial charge is 0.343 e. The predicted octanol–water partition coefficient (Wildman–Crippen LogP) is 2.73. The lowest BCUT2D eigenvalue weighted by Gasteiger charge is -2.44. The molecule has 1 fully saturated rings. The number of halogens is 2. The normalized spacial score (nSPS) is 18.9. The molecular formula is C15H18Cl2N2O2. The Labute approximate surface area is 134 Å². The first-order valence-corrected chi connectivity index (χ1v) is 7.48. The lowest BCUT2D eigenvalue weighted by molar-refractivity contribution is -0.146. The number of hydrogen-bond donors (Lipinski definition) is 0. The summed E-state index contributed by atoms with van der Waals surface area (Å²) in [6.45, 7) is 5.10. The van der Waals surface area contributed by atoms with E-state index in [0.29, 0.717) is 28.7 Å². The van der Waals surface area contributed by atoms with E-state index >= 15 is 0 Å². The number of amides is 1. The van der Waals surface area contributed by atoms with E-state index in [0.717, 1.165) is 0 Å². The van der Waals surface area contributed by atoms with Gasteiger partial charge in [-0.2, -0.15) is 0 Å². The lowest BCUT2D eigenvalue weighted by Crippen LogP contribution is -2.62. The second kappa shape index (κ2) is 5.95. The minimum atomic E-state index is -0.693. The van der Waals surface area contributed by atoms with Gasteiger partial charge in [0.15, 0.2) is 5.78 Å². The van der Waals surface area contributed by atoms with E-state index in [2.05, 4.69) is 0 Å². The van der Waals surface area contributed by atoms with E-state index in [1.54, 1.807) is 30.1 Å². The standard InChI is InChI=1S/C15H18Cl2N2O2/c1-15(2)14(21)18(3)6-7-19(15)9-13(20)11-5-4-10(16)8-12(11)17/h4-5,8H,6-7,9H2,1-3H3. The third-order valence-electron chi connectivity index (χ3n) is 3.93. The molecule has 0 bridgehead atoms. The van der Waals surface area contributed by atoms with Gasteiger partial charge in [0.05, 0.1) is 17.1 Å². The van der Waals surface area contributed by atoms with Gasteiger partial charge in [0.1, 0.15) is 0 Å². The zero-order valence-corrected chi connectivity index (χ0v) is 13.8. The van der Waals surface area contributed by atoms with E-state index in [4.69, 9.17) is 23.2 Å². The second-order valence-corrected chi connectivity index (χ2v) is 6.60. The highest BCUT2D eigenvalue weighted by Crippen LogP contribution is 2.25. The molecular weight excluding hydrogens is 311 g/mol. The molecule has 1 heterocycles. The first-order valence-electron chi connectivity index (χ1n) is 6.72. The van der Waals surface area contributed by atoms with Crippen molar-refractivity contribution in [1.82, 2.24) is 9.80 Å². The summed E-state index contributed by atoms with van der Waals surface area (Å²) >= 11 is 11.9.